The summed E-state index contributed by atoms with van der Waals surface area (Å²) in [4.78, 5) is 27.4. The summed E-state index contributed by atoms with van der Waals surface area (Å²) in [7, 11) is 0. The molecule has 0 atom stereocenters. The number of carbonyl (C=O) groups excluding carboxylic acids is 2. The quantitative estimate of drug-likeness (QED) is 0.624. The van der Waals surface area contributed by atoms with Crippen LogP contribution >= 0.6 is 0 Å². The topological polar surface area (TPSA) is 67.2 Å². The van der Waals surface area contributed by atoms with Crippen molar-refractivity contribution in [1.29, 1.82) is 0 Å². The molecule has 2 heterocycles. The molecule has 0 aliphatic carbocycles. The average molecular weight is 431 g/mol. The number of nitrogens with one attached hydrogen (secondary N) is 1. The maximum Gasteiger partial charge on any atom is 0.258 e. The van der Waals surface area contributed by atoms with Crippen molar-refractivity contribution >= 4 is 23.2 Å². The van der Waals surface area contributed by atoms with Crippen molar-refractivity contribution in [2.75, 3.05) is 16.8 Å². The van der Waals surface area contributed by atoms with Crippen molar-refractivity contribution in [3.63, 3.8) is 0 Å². The molecule has 1 aliphatic heterocycles. The van der Waals surface area contributed by atoms with Gasteiger partial charge in [0.15, 0.2) is 0 Å². The number of rotatable bonds is 6. The summed E-state index contributed by atoms with van der Waals surface area (Å²) >= 11 is 0. The maximum atomic E-state index is 13.0. The molecule has 0 saturated heterocycles. The van der Waals surface area contributed by atoms with E-state index in [1.165, 1.54) is 5.56 Å². The number of para-hydroxylation sites is 1. The first kappa shape index (κ1) is 21.8. The molecule has 166 valence electrons. The van der Waals surface area contributed by atoms with E-state index in [1.807, 2.05) is 41.6 Å². The van der Waals surface area contributed by atoms with Crippen LogP contribution in [0.2, 0.25) is 0 Å². The van der Waals surface area contributed by atoms with E-state index in [0.29, 0.717) is 23.7 Å². The minimum Gasteiger partial charge on any atom is -0.326 e. The second-order valence-corrected chi connectivity index (χ2v) is 8.86. The van der Waals surface area contributed by atoms with Crippen LogP contribution in [0.15, 0.2) is 48.5 Å². The number of nitrogens with zero attached hydrogens (tertiary/aromatic N) is 3. The molecule has 4 rings (SSSR count). The molecule has 0 spiro atoms. The molecule has 6 heteroatoms. The van der Waals surface area contributed by atoms with Crippen molar-refractivity contribution in [3.05, 3.63) is 76.6 Å². The average Bonchev–Trinajstić information content (AvgIpc) is 3.30. The van der Waals surface area contributed by atoms with Crippen molar-refractivity contribution in [1.82, 2.24) is 9.78 Å². The first-order valence-electron chi connectivity index (χ1n) is 11.2. The van der Waals surface area contributed by atoms with Crippen LogP contribution < -0.4 is 10.2 Å². The standard InChI is InChI=1S/C26H30N4O2/c1-17(2)16-30-19(4)23(18(3)28-30)15-25(31)27-22-11-9-21(10-12-22)26(32)29-14-13-20-7-5-6-8-24(20)29/h5-12,17H,13-16H2,1-4H3,(H,27,31). The lowest BCUT2D eigenvalue weighted by atomic mass is 10.1. The fourth-order valence-electron chi connectivity index (χ4n) is 4.28. The zero-order chi connectivity index (χ0) is 22.8. The molecule has 1 N–H and O–H groups in total. The Labute approximate surface area is 189 Å². The van der Waals surface area contributed by atoms with Gasteiger partial charge in [-0.25, -0.2) is 0 Å². The highest BCUT2D eigenvalue weighted by molar-refractivity contribution is 6.07. The van der Waals surface area contributed by atoms with Gasteiger partial charge in [-0.1, -0.05) is 32.0 Å². The van der Waals surface area contributed by atoms with Gasteiger partial charge in [-0.2, -0.15) is 5.10 Å². The van der Waals surface area contributed by atoms with Crippen LogP contribution in [-0.2, 0) is 24.2 Å². The Hall–Kier alpha value is -3.41. The van der Waals surface area contributed by atoms with Crippen LogP contribution in [0.5, 0.6) is 0 Å². The van der Waals surface area contributed by atoms with E-state index >= 15 is 0 Å². The molecule has 32 heavy (non-hydrogen) atoms. The van der Waals surface area contributed by atoms with Gasteiger partial charge in [0.25, 0.3) is 5.91 Å². The van der Waals surface area contributed by atoms with Crippen molar-refractivity contribution in [3.8, 4) is 0 Å². The highest BCUT2D eigenvalue weighted by Crippen LogP contribution is 2.29. The normalized spacial score (nSPS) is 12.8. The molecule has 0 fully saturated rings. The predicted molar refractivity (Wildman–Crippen MR) is 127 cm³/mol. The lowest BCUT2D eigenvalue weighted by molar-refractivity contribution is -0.115. The number of anilines is 2. The van der Waals surface area contributed by atoms with E-state index in [-0.39, 0.29) is 18.2 Å². The largest absolute Gasteiger partial charge is 0.326 e. The number of fused-ring (bicyclic) bond motifs is 1. The fourth-order valence-corrected chi connectivity index (χ4v) is 4.28. The Bertz CT molecular complexity index is 1150. The number of hydrogen-bond donors (Lipinski definition) is 1. The summed E-state index contributed by atoms with van der Waals surface area (Å²) < 4.78 is 1.99. The van der Waals surface area contributed by atoms with Gasteiger partial charge >= 0.3 is 0 Å². The third kappa shape index (κ3) is 4.44. The van der Waals surface area contributed by atoms with Crippen LogP contribution in [0.1, 0.15) is 46.7 Å². The first-order chi connectivity index (χ1) is 15.3. The predicted octanol–water partition coefficient (Wildman–Crippen LogP) is 4.54. The Morgan fingerprint density at radius 2 is 1.78 bits per heavy atom. The van der Waals surface area contributed by atoms with Crippen LogP contribution in [0.4, 0.5) is 11.4 Å². The van der Waals surface area contributed by atoms with Crippen LogP contribution in [-0.4, -0.2) is 28.1 Å². The fraction of sp³-hybridized carbons (Fsp3) is 0.346. The summed E-state index contributed by atoms with van der Waals surface area (Å²) in [6.45, 7) is 9.80. The van der Waals surface area contributed by atoms with Crippen LogP contribution in [0, 0.1) is 19.8 Å². The van der Waals surface area contributed by atoms with E-state index < -0.39 is 0 Å². The van der Waals surface area contributed by atoms with E-state index in [2.05, 4.69) is 30.3 Å². The summed E-state index contributed by atoms with van der Waals surface area (Å²) in [5.41, 5.74) is 6.39. The second kappa shape index (κ2) is 8.99. The van der Waals surface area contributed by atoms with Gasteiger partial charge in [0.05, 0.1) is 12.1 Å². The Morgan fingerprint density at radius 1 is 1.06 bits per heavy atom. The third-order valence-electron chi connectivity index (χ3n) is 5.95. The molecule has 0 saturated carbocycles. The molecule has 0 unspecified atom stereocenters. The summed E-state index contributed by atoms with van der Waals surface area (Å²) in [6.07, 6.45) is 1.16. The van der Waals surface area contributed by atoms with E-state index in [9.17, 15) is 9.59 Å². The number of benzene rings is 2. The van der Waals surface area contributed by atoms with Gasteiger partial charge in [0.1, 0.15) is 0 Å². The number of carbonyl (C=O) groups is 2. The molecule has 2 amide bonds. The molecule has 6 nitrogen and oxygen atoms in total. The van der Waals surface area contributed by atoms with Crippen molar-refractivity contribution in [2.45, 2.75) is 47.1 Å². The molecule has 0 radical (unpaired) electrons. The SMILES string of the molecule is Cc1nn(CC(C)C)c(C)c1CC(=O)Nc1ccc(C(=O)N2CCc3ccccc32)cc1. The molecular formula is C26H30N4O2. The van der Waals surface area contributed by atoms with Gasteiger partial charge in [0, 0.05) is 41.3 Å². The van der Waals surface area contributed by atoms with Crippen LogP contribution in [0.25, 0.3) is 0 Å². The molecular weight excluding hydrogens is 400 g/mol. The molecule has 1 aliphatic rings. The van der Waals surface area contributed by atoms with Gasteiger partial charge in [-0.3, -0.25) is 14.3 Å². The van der Waals surface area contributed by atoms with E-state index in [1.54, 1.807) is 24.3 Å². The summed E-state index contributed by atoms with van der Waals surface area (Å²) in [6, 6.07) is 15.1. The van der Waals surface area contributed by atoms with Gasteiger partial charge in [-0.15, -0.1) is 0 Å². The van der Waals surface area contributed by atoms with E-state index in [4.69, 9.17) is 0 Å². The number of hydrogen-bond acceptors (Lipinski definition) is 3. The zero-order valence-electron chi connectivity index (χ0n) is 19.2. The highest BCUT2D eigenvalue weighted by atomic mass is 16.2. The minimum absolute atomic E-state index is 0.0170. The smallest absolute Gasteiger partial charge is 0.258 e. The lowest BCUT2D eigenvalue weighted by Crippen LogP contribution is -2.28. The third-order valence-corrected chi connectivity index (χ3v) is 5.95. The minimum atomic E-state index is -0.0900. The van der Waals surface area contributed by atoms with E-state index in [0.717, 1.165) is 35.6 Å². The molecule has 0 bridgehead atoms. The maximum absolute atomic E-state index is 13.0. The Kier molecular flexibility index (Phi) is 6.12. The number of aromatic nitrogens is 2. The van der Waals surface area contributed by atoms with Crippen molar-refractivity contribution in [2.24, 2.45) is 5.92 Å². The van der Waals surface area contributed by atoms with Crippen molar-refractivity contribution < 1.29 is 9.59 Å². The summed E-state index contributed by atoms with van der Waals surface area (Å²) in [5.74, 6) is 0.384. The lowest BCUT2D eigenvalue weighted by Gasteiger charge is -2.17. The first-order valence-corrected chi connectivity index (χ1v) is 11.2. The monoisotopic (exact) mass is 430 g/mol. The summed E-state index contributed by atoms with van der Waals surface area (Å²) in [5, 5.41) is 7.54. The molecule has 1 aromatic heterocycles. The molecule has 2 aromatic carbocycles. The Morgan fingerprint density at radius 3 is 2.50 bits per heavy atom. The van der Waals surface area contributed by atoms with Gasteiger partial charge < -0.3 is 10.2 Å². The second-order valence-electron chi connectivity index (χ2n) is 8.86. The van der Waals surface area contributed by atoms with Gasteiger partial charge in [-0.05, 0) is 62.1 Å². The van der Waals surface area contributed by atoms with Gasteiger partial charge in [0.2, 0.25) is 5.91 Å². The zero-order valence-corrected chi connectivity index (χ0v) is 19.2. The number of aryl methyl sites for hydroxylation is 1. The molecule has 3 aromatic rings. The number of amides is 2. The Balaban J connectivity index is 1.41. The highest BCUT2D eigenvalue weighted by Gasteiger charge is 2.25. The van der Waals surface area contributed by atoms with Crippen LogP contribution in [0.3, 0.4) is 0 Å².